The SMILES string of the molecule is COc1ccc(NC(c2ccncc2)c2c(C)[nH]c3ccccc23)cc1. The van der Waals surface area contributed by atoms with Crippen LogP contribution in [0.5, 0.6) is 5.75 Å². The van der Waals surface area contributed by atoms with Crippen molar-refractivity contribution in [3.8, 4) is 5.75 Å². The van der Waals surface area contributed by atoms with E-state index >= 15 is 0 Å². The van der Waals surface area contributed by atoms with Gasteiger partial charge in [-0.15, -0.1) is 0 Å². The number of para-hydroxylation sites is 1. The molecule has 0 fully saturated rings. The first-order valence-electron chi connectivity index (χ1n) is 8.64. The Morgan fingerprint density at radius 1 is 0.962 bits per heavy atom. The van der Waals surface area contributed by atoms with E-state index in [0.29, 0.717) is 0 Å². The number of ether oxygens (including phenoxy) is 1. The predicted molar refractivity (Wildman–Crippen MR) is 106 cm³/mol. The van der Waals surface area contributed by atoms with E-state index in [-0.39, 0.29) is 6.04 Å². The van der Waals surface area contributed by atoms with Crippen LogP contribution in [0.2, 0.25) is 0 Å². The summed E-state index contributed by atoms with van der Waals surface area (Å²) in [6.07, 6.45) is 3.67. The van der Waals surface area contributed by atoms with Crippen LogP contribution in [0.3, 0.4) is 0 Å². The highest BCUT2D eigenvalue weighted by molar-refractivity contribution is 5.86. The number of hydrogen-bond acceptors (Lipinski definition) is 3. The number of methoxy groups -OCH3 is 1. The summed E-state index contributed by atoms with van der Waals surface area (Å²) in [4.78, 5) is 7.68. The Kier molecular flexibility index (Phi) is 4.32. The number of benzene rings is 2. The number of pyridine rings is 1. The third-order valence-electron chi connectivity index (χ3n) is 4.67. The monoisotopic (exact) mass is 343 g/mol. The summed E-state index contributed by atoms with van der Waals surface area (Å²) < 4.78 is 5.27. The highest BCUT2D eigenvalue weighted by atomic mass is 16.5. The van der Waals surface area contributed by atoms with Gasteiger partial charge >= 0.3 is 0 Å². The number of hydrogen-bond donors (Lipinski definition) is 2. The quantitative estimate of drug-likeness (QED) is 0.531. The van der Waals surface area contributed by atoms with Crippen LogP contribution >= 0.6 is 0 Å². The van der Waals surface area contributed by atoms with Gasteiger partial charge in [0.2, 0.25) is 0 Å². The Hall–Kier alpha value is -3.27. The molecule has 4 aromatic rings. The van der Waals surface area contributed by atoms with Crippen LogP contribution in [-0.4, -0.2) is 17.1 Å². The van der Waals surface area contributed by atoms with Gasteiger partial charge in [-0.3, -0.25) is 4.98 Å². The van der Waals surface area contributed by atoms with Gasteiger partial charge in [0.1, 0.15) is 5.75 Å². The first-order chi connectivity index (χ1) is 12.8. The molecule has 0 amide bonds. The van der Waals surface area contributed by atoms with Gasteiger partial charge in [-0.05, 0) is 55.0 Å². The summed E-state index contributed by atoms with van der Waals surface area (Å²) in [6, 6.07) is 20.6. The molecule has 0 radical (unpaired) electrons. The van der Waals surface area contributed by atoms with Crippen LogP contribution in [-0.2, 0) is 0 Å². The molecule has 0 aliphatic rings. The normalized spacial score (nSPS) is 12.1. The van der Waals surface area contributed by atoms with Crippen LogP contribution in [0.25, 0.3) is 10.9 Å². The molecule has 0 bridgehead atoms. The molecule has 2 aromatic heterocycles. The third-order valence-corrected chi connectivity index (χ3v) is 4.67. The maximum absolute atomic E-state index is 5.27. The first kappa shape index (κ1) is 16.2. The zero-order valence-corrected chi connectivity index (χ0v) is 14.9. The summed E-state index contributed by atoms with van der Waals surface area (Å²) in [5, 5.41) is 4.91. The lowest BCUT2D eigenvalue weighted by Crippen LogP contribution is -2.13. The Morgan fingerprint density at radius 3 is 2.42 bits per heavy atom. The smallest absolute Gasteiger partial charge is 0.119 e. The molecule has 130 valence electrons. The summed E-state index contributed by atoms with van der Waals surface area (Å²) in [7, 11) is 1.68. The molecule has 2 N–H and O–H groups in total. The van der Waals surface area contributed by atoms with Crippen molar-refractivity contribution >= 4 is 16.6 Å². The minimum Gasteiger partial charge on any atom is -0.497 e. The Labute approximate surface area is 152 Å². The van der Waals surface area contributed by atoms with Crippen molar-refractivity contribution in [3.05, 3.63) is 89.9 Å². The van der Waals surface area contributed by atoms with E-state index < -0.39 is 0 Å². The molecule has 0 aliphatic carbocycles. The summed E-state index contributed by atoms with van der Waals surface area (Å²) in [5.74, 6) is 0.847. The lowest BCUT2D eigenvalue weighted by atomic mass is 9.96. The number of nitrogens with one attached hydrogen (secondary N) is 2. The van der Waals surface area contributed by atoms with Crippen LogP contribution in [0.1, 0.15) is 22.9 Å². The molecule has 26 heavy (non-hydrogen) atoms. The second-order valence-corrected chi connectivity index (χ2v) is 6.30. The number of rotatable bonds is 5. The topological polar surface area (TPSA) is 49.9 Å². The molecule has 1 atom stereocenters. The fraction of sp³-hybridized carbons (Fsp3) is 0.136. The molecular weight excluding hydrogens is 322 g/mol. The number of aromatic nitrogens is 2. The summed E-state index contributed by atoms with van der Waals surface area (Å²) in [5.41, 5.74) is 5.77. The molecular formula is C22H21N3O. The van der Waals surface area contributed by atoms with Gasteiger partial charge in [-0.1, -0.05) is 18.2 Å². The van der Waals surface area contributed by atoms with E-state index in [4.69, 9.17) is 4.74 Å². The molecule has 4 nitrogen and oxygen atoms in total. The van der Waals surface area contributed by atoms with Gasteiger partial charge in [0.05, 0.1) is 13.2 Å². The van der Waals surface area contributed by atoms with E-state index in [0.717, 1.165) is 22.6 Å². The summed E-state index contributed by atoms with van der Waals surface area (Å²) >= 11 is 0. The number of H-pyrrole nitrogens is 1. The van der Waals surface area contributed by atoms with Crippen LogP contribution in [0.15, 0.2) is 73.1 Å². The number of anilines is 1. The average Bonchev–Trinajstić information content (AvgIpc) is 3.03. The van der Waals surface area contributed by atoms with Gasteiger partial charge in [-0.2, -0.15) is 0 Å². The van der Waals surface area contributed by atoms with Crippen molar-refractivity contribution in [3.63, 3.8) is 0 Å². The van der Waals surface area contributed by atoms with Crippen LogP contribution in [0.4, 0.5) is 5.69 Å². The van der Waals surface area contributed by atoms with E-state index in [2.05, 4.69) is 58.6 Å². The highest BCUT2D eigenvalue weighted by Crippen LogP contribution is 2.34. The number of fused-ring (bicyclic) bond motifs is 1. The van der Waals surface area contributed by atoms with Gasteiger partial charge in [0.25, 0.3) is 0 Å². The maximum Gasteiger partial charge on any atom is 0.119 e. The second-order valence-electron chi connectivity index (χ2n) is 6.30. The summed E-state index contributed by atoms with van der Waals surface area (Å²) in [6.45, 7) is 2.12. The molecule has 4 rings (SSSR count). The van der Waals surface area contributed by atoms with Crippen molar-refractivity contribution in [2.24, 2.45) is 0 Å². The van der Waals surface area contributed by atoms with Crippen LogP contribution < -0.4 is 10.1 Å². The van der Waals surface area contributed by atoms with Gasteiger partial charge in [0.15, 0.2) is 0 Å². The van der Waals surface area contributed by atoms with Gasteiger partial charge < -0.3 is 15.0 Å². The minimum atomic E-state index is 0.0162. The molecule has 0 saturated carbocycles. The van der Waals surface area contributed by atoms with Crippen LogP contribution in [0, 0.1) is 6.92 Å². The van der Waals surface area contributed by atoms with E-state index in [1.165, 1.54) is 16.5 Å². The van der Waals surface area contributed by atoms with Crippen molar-refractivity contribution in [1.29, 1.82) is 0 Å². The van der Waals surface area contributed by atoms with Gasteiger partial charge in [0, 0.05) is 40.2 Å². The maximum atomic E-state index is 5.27. The predicted octanol–water partition coefficient (Wildman–Crippen LogP) is 5.08. The van der Waals surface area contributed by atoms with E-state index in [1.54, 1.807) is 7.11 Å². The zero-order chi connectivity index (χ0) is 17.9. The van der Waals surface area contributed by atoms with Gasteiger partial charge in [-0.25, -0.2) is 0 Å². The molecule has 0 aliphatic heterocycles. The molecule has 4 heteroatoms. The molecule has 2 heterocycles. The minimum absolute atomic E-state index is 0.0162. The van der Waals surface area contributed by atoms with Crippen molar-refractivity contribution in [2.75, 3.05) is 12.4 Å². The fourth-order valence-electron chi connectivity index (χ4n) is 3.40. The Morgan fingerprint density at radius 2 is 1.69 bits per heavy atom. The standard InChI is InChI=1S/C22H21N3O/c1-15-21(19-5-3-4-6-20(19)24-15)22(16-11-13-23-14-12-16)25-17-7-9-18(26-2)10-8-17/h3-14,22,24-25H,1-2H3. The highest BCUT2D eigenvalue weighted by Gasteiger charge is 2.20. The van der Waals surface area contributed by atoms with Crippen molar-refractivity contribution in [2.45, 2.75) is 13.0 Å². The Balaban J connectivity index is 1.81. The molecule has 2 aromatic carbocycles. The third kappa shape index (κ3) is 3.02. The fourth-order valence-corrected chi connectivity index (χ4v) is 3.40. The second kappa shape index (κ2) is 6.92. The lowest BCUT2D eigenvalue weighted by Gasteiger charge is -2.21. The number of aryl methyl sites for hydroxylation is 1. The van der Waals surface area contributed by atoms with Crippen molar-refractivity contribution in [1.82, 2.24) is 9.97 Å². The zero-order valence-electron chi connectivity index (χ0n) is 14.9. The number of aromatic amines is 1. The molecule has 0 spiro atoms. The van der Waals surface area contributed by atoms with Crippen molar-refractivity contribution < 1.29 is 4.74 Å². The lowest BCUT2D eigenvalue weighted by molar-refractivity contribution is 0.415. The largest absolute Gasteiger partial charge is 0.497 e. The Bertz CT molecular complexity index is 1010. The van der Waals surface area contributed by atoms with E-state index in [1.807, 2.05) is 36.7 Å². The first-order valence-corrected chi connectivity index (χ1v) is 8.64. The van der Waals surface area contributed by atoms with E-state index in [9.17, 15) is 0 Å². The number of nitrogens with zero attached hydrogens (tertiary/aromatic N) is 1. The molecule has 1 unspecified atom stereocenters. The molecule has 0 saturated heterocycles. The average molecular weight is 343 g/mol.